The van der Waals surface area contributed by atoms with Crippen molar-refractivity contribution in [1.29, 1.82) is 0 Å². The Balaban J connectivity index is 2.46. The van der Waals surface area contributed by atoms with E-state index in [-0.39, 0.29) is 0 Å². The molecule has 0 aliphatic carbocycles. The maximum absolute atomic E-state index is 5.59. The summed E-state index contributed by atoms with van der Waals surface area (Å²) in [5.41, 5.74) is 7.45. The third kappa shape index (κ3) is 5.22. The van der Waals surface area contributed by atoms with Crippen LogP contribution >= 0.6 is 0 Å². The summed E-state index contributed by atoms with van der Waals surface area (Å²) in [6, 6.07) is 5.87. The Morgan fingerprint density at radius 3 is 2.72 bits per heavy atom. The Morgan fingerprint density at radius 1 is 1.22 bits per heavy atom. The summed E-state index contributed by atoms with van der Waals surface area (Å²) in [7, 11) is 0. The van der Waals surface area contributed by atoms with Crippen LogP contribution in [0.2, 0.25) is 0 Å². The molecule has 0 spiro atoms. The van der Waals surface area contributed by atoms with Crippen molar-refractivity contribution < 1.29 is 9.47 Å². The van der Waals surface area contributed by atoms with E-state index in [9.17, 15) is 0 Å². The lowest BCUT2D eigenvalue weighted by molar-refractivity contribution is 0.101. The van der Waals surface area contributed by atoms with Crippen molar-refractivity contribution in [2.75, 3.05) is 26.4 Å². The van der Waals surface area contributed by atoms with Gasteiger partial charge < -0.3 is 15.2 Å². The minimum Gasteiger partial charge on any atom is -0.491 e. The second kappa shape index (κ2) is 8.57. The van der Waals surface area contributed by atoms with Crippen LogP contribution in [0.5, 0.6) is 5.75 Å². The Morgan fingerprint density at radius 2 is 2.06 bits per heavy atom. The molecule has 3 nitrogen and oxygen atoms in total. The van der Waals surface area contributed by atoms with Crippen LogP contribution in [-0.4, -0.2) is 26.4 Å². The molecule has 18 heavy (non-hydrogen) atoms. The van der Waals surface area contributed by atoms with E-state index in [4.69, 9.17) is 15.2 Å². The molecule has 1 aromatic carbocycles. The zero-order valence-corrected chi connectivity index (χ0v) is 11.2. The van der Waals surface area contributed by atoms with E-state index in [0.29, 0.717) is 19.8 Å². The predicted molar refractivity (Wildman–Crippen MR) is 73.7 cm³/mol. The highest BCUT2D eigenvalue weighted by atomic mass is 16.5. The van der Waals surface area contributed by atoms with Crippen LogP contribution in [0.25, 0.3) is 0 Å². The van der Waals surface area contributed by atoms with Crippen molar-refractivity contribution in [3.05, 3.63) is 29.3 Å². The third-order valence-electron chi connectivity index (χ3n) is 2.37. The van der Waals surface area contributed by atoms with Gasteiger partial charge in [0.05, 0.1) is 13.2 Å². The van der Waals surface area contributed by atoms with Crippen LogP contribution < -0.4 is 10.5 Å². The molecular weight excluding hydrogens is 226 g/mol. The summed E-state index contributed by atoms with van der Waals surface area (Å²) in [4.78, 5) is 0. The number of rotatable bonds is 6. The molecule has 0 atom stereocenters. The van der Waals surface area contributed by atoms with Crippen molar-refractivity contribution in [1.82, 2.24) is 0 Å². The molecule has 1 rings (SSSR count). The SMILES string of the molecule is CCCOCCOc1ccc(C#CCN)c(C)c1. The molecule has 0 saturated heterocycles. The first-order chi connectivity index (χ1) is 8.77. The lowest BCUT2D eigenvalue weighted by Crippen LogP contribution is -2.07. The molecule has 0 heterocycles. The largest absolute Gasteiger partial charge is 0.491 e. The van der Waals surface area contributed by atoms with Gasteiger partial charge in [0, 0.05) is 12.2 Å². The van der Waals surface area contributed by atoms with Gasteiger partial charge >= 0.3 is 0 Å². The first-order valence-corrected chi connectivity index (χ1v) is 6.28. The average Bonchev–Trinajstić information content (AvgIpc) is 2.37. The topological polar surface area (TPSA) is 44.5 Å². The molecule has 0 saturated carbocycles. The lowest BCUT2D eigenvalue weighted by atomic mass is 10.1. The standard InChI is InChI=1S/C15H21NO2/c1-3-9-17-10-11-18-15-7-6-14(5-4-8-16)13(2)12-15/h6-7,12H,3,8-11,16H2,1-2H3. The van der Waals surface area contributed by atoms with Gasteiger partial charge in [0.25, 0.3) is 0 Å². The van der Waals surface area contributed by atoms with Crippen molar-refractivity contribution in [3.63, 3.8) is 0 Å². The number of ether oxygens (including phenoxy) is 2. The number of benzene rings is 1. The predicted octanol–water partition coefficient (Wildman–Crippen LogP) is 2.11. The molecular formula is C15H21NO2. The minimum atomic E-state index is 0.381. The highest BCUT2D eigenvalue weighted by Gasteiger charge is 1.98. The maximum atomic E-state index is 5.59. The molecule has 98 valence electrons. The minimum absolute atomic E-state index is 0.381. The van der Waals surface area contributed by atoms with Gasteiger partial charge in [-0.15, -0.1) is 0 Å². The second-order valence-corrected chi connectivity index (χ2v) is 3.94. The van der Waals surface area contributed by atoms with Crippen molar-refractivity contribution in [2.24, 2.45) is 5.73 Å². The quantitative estimate of drug-likeness (QED) is 0.618. The summed E-state index contributed by atoms with van der Waals surface area (Å²) >= 11 is 0. The Hall–Kier alpha value is -1.50. The van der Waals surface area contributed by atoms with Gasteiger partial charge in [-0.05, 0) is 37.1 Å². The summed E-state index contributed by atoms with van der Waals surface area (Å²) in [6.07, 6.45) is 1.04. The van der Waals surface area contributed by atoms with Gasteiger partial charge in [0.1, 0.15) is 12.4 Å². The van der Waals surface area contributed by atoms with Crippen LogP contribution in [0.1, 0.15) is 24.5 Å². The molecule has 2 N–H and O–H groups in total. The normalized spacial score (nSPS) is 9.72. The molecule has 1 aromatic rings. The first kappa shape index (κ1) is 14.6. The summed E-state index contributed by atoms with van der Waals surface area (Å²) < 4.78 is 10.9. The zero-order valence-electron chi connectivity index (χ0n) is 11.2. The van der Waals surface area contributed by atoms with Gasteiger partial charge in [-0.2, -0.15) is 0 Å². The smallest absolute Gasteiger partial charge is 0.119 e. The Kier molecular flexibility index (Phi) is 6.93. The Bertz CT molecular complexity index is 418. The van der Waals surface area contributed by atoms with E-state index in [1.54, 1.807) is 0 Å². The summed E-state index contributed by atoms with van der Waals surface area (Å²) in [6.45, 7) is 6.48. The molecule has 0 fully saturated rings. The van der Waals surface area contributed by atoms with Gasteiger partial charge in [0.2, 0.25) is 0 Å². The van der Waals surface area contributed by atoms with Crippen molar-refractivity contribution in [3.8, 4) is 17.6 Å². The number of hydrogen-bond donors (Lipinski definition) is 1. The molecule has 0 aliphatic rings. The fourth-order valence-electron chi connectivity index (χ4n) is 1.48. The Labute approximate surface area is 109 Å². The average molecular weight is 247 g/mol. The van der Waals surface area contributed by atoms with Crippen LogP contribution in [0.15, 0.2) is 18.2 Å². The second-order valence-electron chi connectivity index (χ2n) is 3.94. The van der Waals surface area contributed by atoms with E-state index in [1.807, 2.05) is 25.1 Å². The summed E-state index contributed by atoms with van der Waals surface area (Å²) in [5, 5.41) is 0. The molecule has 0 amide bonds. The van der Waals surface area contributed by atoms with Crippen molar-refractivity contribution in [2.45, 2.75) is 20.3 Å². The van der Waals surface area contributed by atoms with E-state index in [2.05, 4.69) is 18.8 Å². The maximum Gasteiger partial charge on any atom is 0.119 e. The lowest BCUT2D eigenvalue weighted by Gasteiger charge is -2.08. The van der Waals surface area contributed by atoms with Crippen molar-refractivity contribution >= 4 is 0 Å². The first-order valence-electron chi connectivity index (χ1n) is 6.28. The van der Waals surface area contributed by atoms with E-state index >= 15 is 0 Å². The van der Waals surface area contributed by atoms with Crippen LogP contribution in [-0.2, 0) is 4.74 Å². The fraction of sp³-hybridized carbons (Fsp3) is 0.467. The number of aryl methyl sites for hydroxylation is 1. The molecule has 0 unspecified atom stereocenters. The van der Waals surface area contributed by atoms with E-state index in [1.165, 1.54) is 0 Å². The van der Waals surface area contributed by atoms with Crippen LogP contribution in [0, 0.1) is 18.8 Å². The van der Waals surface area contributed by atoms with Gasteiger partial charge in [-0.1, -0.05) is 18.8 Å². The molecule has 0 radical (unpaired) electrons. The molecule has 0 aromatic heterocycles. The van der Waals surface area contributed by atoms with Gasteiger partial charge in [-0.3, -0.25) is 0 Å². The van der Waals surface area contributed by atoms with Crippen LogP contribution in [0.3, 0.4) is 0 Å². The summed E-state index contributed by atoms with van der Waals surface area (Å²) in [5.74, 6) is 6.73. The van der Waals surface area contributed by atoms with E-state index < -0.39 is 0 Å². The number of hydrogen-bond acceptors (Lipinski definition) is 3. The highest BCUT2D eigenvalue weighted by molar-refractivity contribution is 5.44. The number of nitrogens with two attached hydrogens (primary N) is 1. The highest BCUT2D eigenvalue weighted by Crippen LogP contribution is 2.16. The third-order valence-corrected chi connectivity index (χ3v) is 2.37. The molecule has 0 aliphatic heterocycles. The van der Waals surface area contributed by atoms with Gasteiger partial charge in [0.15, 0.2) is 0 Å². The monoisotopic (exact) mass is 247 g/mol. The zero-order chi connectivity index (χ0) is 13.2. The molecule has 3 heteroatoms. The van der Waals surface area contributed by atoms with Gasteiger partial charge in [-0.25, -0.2) is 0 Å². The van der Waals surface area contributed by atoms with Crippen LogP contribution in [0.4, 0.5) is 0 Å². The van der Waals surface area contributed by atoms with E-state index in [0.717, 1.165) is 29.9 Å². The fourth-order valence-corrected chi connectivity index (χ4v) is 1.48. The molecule has 0 bridgehead atoms.